The number of ether oxygens (including phenoxy) is 1. The minimum Gasteiger partial charge on any atom is -0.465 e. The summed E-state index contributed by atoms with van der Waals surface area (Å²) in [6.45, 7) is 1.89. The summed E-state index contributed by atoms with van der Waals surface area (Å²) in [6, 6.07) is 14.3. The van der Waals surface area contributed by atoms with Gasteiger partial charge >= 0.3 is 5.97 Å². The van der Waals surface area contributed by atoms with Crippen LogP contribution in [0.15, 0.2) is 47.5 Å². The molecule has 0 spiro atoms. The molecule has 2 aromatic rings. The molecule has 1 N–H and O–H groups in total. The summed E-state index contributed by atoms with van der Waals surface area (Å²) in [5, 5.41) is 3.06. The van der Waals surface area contributed by atoms with E-state index in [1.54, 1.807) is 7.05 Å². The Morgan fingerprint density at radius 1 is 1.28 bits per heavy atom. The number of methoxy groups -OCH3 is 1. The molecule has 0 amide bonds. The molecule has 1 fully saturated rings. The Balaban J connectivity index is 1.73. The molecule has 5 heteroatoms. The van der Waals surface area contributed by atoms with Gasteiger partial charge < -0.3 is 15.0 Å². The second-order valence-electron chi connectivity index (χ2n) is 6.41. The van der Waals surface area contributed by atoms with Gasteiger partial charge in [0, 0.05) is 31.7 Å². The van der Waals surface area contributed by atoms with Crippen LogP contribution >= 0.6 is 0 Å². The molecule has 5 nitrogen and oxygen atoms in total. The zero-order valence-corrected chi connectivity index (χ0v) is 14.5. The molecule has 0 radical (unpaired) electrons. The summed E-state index contributed by atoms with van der Waals surface area (Å²) < 4.78 is 4.93. The molecule has 1 atom stereocenters. The number of nitrogens with one attached hydrogen (secondary N) is 1. The van der Waals surface area contributed by atoms with Gasteiger partial charge in [0.25, 0.3) is 0 Å². The van der Waals surface area contributed by atoms with Gasteiger partial charge in [-0.2, -0.15) is 0 Å². The molecule has 0 aliphatic carbocycles. The number of para-hydroxylation sites is 1. The Labute approximate surface area is 147 Å². The molecule has 128 valence electrons. The fourth-order valence-electron chi connectivity index (χ4n) is 3.73. The third-order valence-corrected chi connectivity index (χ3v) is 5.03. The maximum atomic E-state index is 12.1. The van der Waals surface area contributed by atoms with E-state index >= 15 is 0 Å². The molecule has 4 rings (SSSR count). The summed E-state index contributed by atoms with van der Waals surface area (Å²) in [6.07, 6.45) is 1.01. The lowest BCUT2D eigenvalue weighted by Gasteiger charge is -2.26. The Morgan fingerprint density at radius 3 is 2.92 bits per heavy atom. The van der Waals surface area contributed by atoms with Crippen LogP contribution in [0.4, 0.5) is 11.4 Å². The minimum atomic E-state index is -0.322. The van der Waals surface area contributed by atoms with Crippen molar-refractivity contribution in [2.24, 2.45) is 4.99 Å². The third-order valence-electron chi connectivity index (χ3n) is 5.03. The fraction of sp³-hybridized carbons (Fsp3) is 0.300. The Bertz CT molecular complexity index is 860. The number of aliphatic imine (C=N–C) groups is 1. The number of hydrogen-bond acceptors (Lipinski definition) is 5. The van der Waals surface area contributed by atoms with Gasteiger partial charge in [0.1, 0.15) is 5.84 Å². The third kappa shape index (κ3) is 2.65. The molecule has 2 aromatic carbocycles. The van der Waals surface area contributed by atoms with E-state index in [1.807, 2.05) is 18.2 Å². The van der Waals surface area contributed by atoms with Crippen LogP contribution in [-0.4, -0.2) is 37.4 Å². The molecular formula is C20H21N3O2. The smallest absolute Gasteiger partial charge is 0.339 e. The maximum Gasteiger partial charge on any atom is 0.339 e. The zero-order chi connectivity index (χ0) is 17.4. The summed E-state index contributed by atoms with van der Waals surface area (Å²) in [5.41, 5.74) is 4.78. The van der Waals surface area contributed by atoms with Gasteiger partial charge in [-0.15, -0.1) is 0 Å². The van der Waals surface area contributed by atoms with Crippen LogP contribution in [0.5, 0.6) is 0 Å². The van der Waals surface area contributed by atoms with Crippen molar-refractivity contribution in [1.29, 1.82) is 0 Å². The highest BCUT2D eigenvalue weighted by molar-refractivity contribution is 5.98. The minimum absolute atomic E-state index is 0.211. The molecule has 2 aliphatic heterocycles. The van der Waals surface area contributed by atoms with Crippen LogP contribution in [0.2, 0.25) is 0 Å². The lowest BCUT2D eigenvalue weighted by molar-refractivity contribution is 0.0601. The first-order valence-corrected chi connectivity index (χ1v) is 8.52. The average molecular weight is 335 g/mol. The van der Waals surface area contributed by atoms with E-state index in [0.717, 1.165) is 42.3 Å². The SMILES string of the molecule is CNc1ccc([C@H]2CCN3Cc4ccccc4N=C23)cc1C(=O)OC. The van der Waals surface area contributed by atoms with Crippen molar-refractivity contribution in [1.82, 2.24) is 4.90 Å². The van der Waals surface area contributed by atoms with E-state index in [-0.39, 0.29) is 11.9 Å². The standard InChI is InChI=1S/C20H21N3O2/c1-21-18-8-7-13(11-16(18)20(24)25-2)15-9-10-23-12-14-5-3-4-6-17(14)22-19(15)23/h3-8,11,15,21H,9-10,12H2,1-2H3/t15-/m1/s1. The largest absolute Gasteiger partial charge is 0.465 e. The number of amidine groups is 1. The van der Waals surface area contributed by atoms with Gasteiger partial charge in [-0.3, -0.25) is 0 Å². The summed E-state index contributed by atoms with van der Waals surface area (Å²) in [5.74, 6) is 0.992. The van der Waals surface area contributed by atoms with E-state index in [2.05, 4.69) is 34.5 Å². The summed E-state index contributed by atoms with van der Waals surface area (Å²) in [4.78, 5) is 19.4. The fourth-order valence-corrected chi connectivity index (χ4v) is 3.73. The first kappa shape index (κ1) is 15.7. The van der Waals surface area contributed by atoms with Crippen molar-refractivity contribution in [2.75, 3.05) is 26.0 Å². The topological polar surface area (TPSA) is 53.9 Å². The van der Waals surface area contributed by atoms with Crippen molar-refractivity contribution in [3.63, 3.8) is 0 Å². The number of esters is 1. The van der Waals surface area contributed by atoms with Crippen LogP contribution < -0.4 is 5.32 Å². The van der Waals surface area contributed by atoms with Crippen molar-refractivity contribution in [3.8, 4) is 0 Å². The van der Waals surface area contributed by atoms with Crippen LogP contribution in [0.1, 0.15) is 33.8 Å². The number of rotatable bonds is 3. The monoisotopic (exact) mass is 335 g/mol. The number of carbonyl (C=O) groups excluding carboxylic acids is 1. The van der Waals surface area contributed by atoms with Crippen molar-refractivity contribution < 1.29 is 9.53 Å². The highest BCUT2D eigenvalue weighted by Crippen LogP contribution is 2.38. The number of anilines is 1. The van der Waals surface area contributed by atoms with E-state index in [0.29, 0.717) is 5.56 Å². The van der Waals surface area contributed by atoms with Gasteiger partial charge in [-0.05, 0) is 35.7 Å². The first-order chi connectivity index (χ1) is 12.2. The molecule has 2 aliphatic rings. The average Bonchev–Trinajstić information content (AvgIpc) is 3.07. The van der Waals surface area contributed by atoms with E-state index in [9.17, 15) is 4.79 Å². The number of nitrogens with zero attached hydrogens (tertiary/aromatic N) is 2. The lowest BCUT2D eigenvalue weighted by Crippen LogP contribution is -2.29. The van der Waals surface area contributed by atoms with E-state index < -0.39 is 0 Å². The predicted molar refractivity (Wildman–Crippen MR) is 98.6 cm³/mol. The number of hydrogen-bond donors (Lipinski definition) is 1. The normalized spacial score (nSPS) is 18.2. The van der Waals surface area contributed by atoms with Gasteiger partial charge in [-0.1, -0.05) is 24.3 Å². The molecule has 0 bridgehead atoms. The van der Waals surface area contributed by atoms with Gasteiger partial charge in [-0.25, -0.2) is 9.79 Å². The van der Waals surface area contributed by atoms with Crippen molar-refractivity contribution in [3.05, 3.63) is 59.2 Å². The predicted octanol–water partition coefficient (Wildman–Crippen LogP) is 3.55. The molecular weight excluding hydrogens is 314 g/mol. The van der Waals surface area contributed by atoms with Crippen LogP contribution in [0.3, 0.4) is 0 Å². The van der Waals surface area contributed by atoms with E-state index in [1.165, 1.54) is 12.7 Å². The van der Waals surface area contributed by atoms with Gasteiger partial charge in [0.15, 0.2) is 0 Å². The Morgan fingerprint density at radius 2 is 2.12 bits per heavy atom. The van der Waals surface area contributed by atoms with Gasteiger partial charge in [0.2, 0.25) is 0 Å². The molecule has 25 heavy (non-hydrogen) atoms. The maximum absolute atomic E-state index is 12.1. The van der Waals surface area contributed by atoms with Crippen LogP contribution in [0, 0.1) is 0 Å². The zero-order valence-electron chi connectivity index (χ0n) is 14.5. The van der Waals surface area contributed by atoms with E-state index in [4.69, 9.17) is 9.73 Å². The van der Waals surface area contributed by atoms with Gasteiger partial charge in [0.05, 0.1) is 18.4 Å². The highest BCUT2D eigenvalue weighted by atomic mass is 16.5. The molecule has 0 unspecified atom stereocenters. The Kier molecular flexibility index (Phi) is 3.92. The lowest BCUT2D eigenvalue weighted by atomic mass is 9.94. The van der Waals surface area contributed by atoms with Crippen LogP contribution in [-0.2, 0) is 11.3 Å². The quantitative estimate of drug-likeness (QED) is 0.872. The molecule has 0 saturated carbocycles. The Hall–Kier alpha value is -2.82. The molecule has 0 aromatic heterocycles. The highest BCUT2D eigenvalue weighted by Gasteiger charge is 2.34. The number of fused-ring (bicyclic) bond motifs is 2. The van der Waals surface area contributed by atoms with Crippen molar-refractivity contribution >= 4 is 23.2 Å². The number of benzene rings is 2. The van der Waals surface area contributed by atoms with Crippen LogP contribution in [0.25, 0.3) is 0 Å². The first-order valence-electron chi connectivity index (χ1n) is 8.52. The summed E-state index contributed by atoms with van der Waals surface area (Å²) in [7, 11) is 3.22. The molecule has 1 saturated heterocycles. The second kappa shape index (κ2) is 6.24. The molecule has 2 heterocycles. The number of carbonyl (C=O) groups is 1. The second-order valence-corrected chi connectivity index (χ2v) is 6.41. The summed E-state index contributed by atoms with van der Waals surface area (Å²) >= 11 is 0. The van der Waals surface area contributed by atoms with Crippen molar-refractivity contribution in [2.45, 2.75) is 18.9 Å².